The van der Waals surface area contributed by atoms with Crippen LogP contribution in [0.15, 0.2) is 10.5 Å². The molecule has 1 amide bonds. The van der Waals surface area contributed by atoms with Crippen LogP contribution in [0.2, 0.25) is 0 Å². The fraction of sp³-hybridized carbons (Fsp3) is 0.667. The molecule has 0 spiro atoms. The third kappa shape index (κ3) is 2.15. The number of carbonyl (C=O) groups excluding carboxylic acids is 1. The number of carbonyl (C=O) groups is 1. The molecular formula is C15H21NO4. The number of nitrogens with one attached hydrogen (secondary N) is 1. The first kappa shape index (κ1) is 13.6. The average Bonchev–Trinajstić information content (AvgIpc) is 2.97. The number of hydrogen-bond donors (Lipinski definition) is 1. The number of furan rings is 1. The Morgan fingerprint density at radius 1 is 1.50 bits per heavy atom. The van der Waals surface area contributed by atoms with E-state index in [4.69, 9.17) is 13.9 Å². The maximum Gasteiger partial charge on any atom is 0.255 e. The van der Waals surface area contributed by atoms with Gasteiger partial charge < -0.3 is 19.2 Å². The molecule has 1 saturated carbocycles. The lowest BCUT2D eigenvalue weighted by molar-refractivity contribution is -0.0809. The average molecular weight is 279 g/mol. The number of aryl methyl sites for hydroxylation is 2. The molecule has 5 nitrogen and oxygen atoms in total. The molecule has 5 heteroatoms. The van der Waals surface area contributed by atoms with E-state index < -0.39 is 0 Å². The van der Waals surface area contributed by atoms with Gasteiger partial charge >= 0.3 is 0 Å². The Balaban J connectivity index is 1.70. The van der Waals surface area contributed by atoms with Gasteiger partial charge in [0.1, 0.15) is 11.5 Å². The maximum absolute atomic E-state index is 12.4. The van der Waals surface area contributed by atoms with Crippen LogP contribution in [0, 0.1) is 25.7 Å². The Morgan fingerprint density at radius 2 is 2.30 bits per heavy atom. The molecule has 1 saturated heterocycles. The number of hydrogen-bond acceptors (Lipinski definition) is 4. The predicted octanol–water partition coefficient (Wildman–Crippen LogP) is 1.68. The predicted molar refractivity (Wildman–Crippen MR) is 72.6 cm³/mol. The van der Waals surface area contributed by atoms with Gasteiger partial charge in [0.15, 0.2) is 0 Å². The minimum atomic E-state index is -0.0594. The molecule has 3 rings (SSSR count). The summed E-state index contributed by atoms with van der Waals surface area (Å²) in [5.41, 5.74) is 0.626. The Morgan fingerprint density at radius 3 is 2.95 bits per heavy atom. The van der Waals surface area contributed by atoms with Crippen LogP contribution in [-0.2, 0) is 9.47 Å². The smallest absolute Gasteiger partial charge is 0.255 e. The standard InChI is InChI=1S/C15H21NO4/c1-8-6-11(9(2)20-8)15(17)16-13-10-4-5-19-14(10)12(13)7-18-3/h6,10,12-14H,4-5,7H2,1-3H3,(H,16,17)/t10-,12+,13+,14-/m0/s1. The van der Waals surface area contributed by atoms with E-state index in [1.807, 2.05) is 13.8 Å². The van der Waals surface area contributed by atoms with Gasteiger partial charge in [0.25, 0.3) is 5.91 Å². The first-order valence-corrected chi connectivity index (χ1v) is 7.10. The Labute approximate surface area is 118 Å². The summed E-state index contributed by atoms with van der Waals surface area (Å²) >= 11 is 0. The van der Waals surface area contributed by atoms with E-state index in [2.05, 4.69) is 5.32 Å². The van der Waals surface area contributed by atoms with Crippen LogP contribution in [-0.4, -0.2) is 38.4 Å². The molecule has 2 heterocycles. The molecular weight excluding hydrogens is 258 g/mol. The van der Waals surface area contributed by atoms with Crippen molar-refractivity contribution in [3.63, 3.8) is 0 Å². The molecule has 110 valence electrons. The van der Waals surface area contributed by atoms with E-state index in [1.54, 1.807) is 13.2 Å². The van der Waals surface area contributed by atoms with Crippen LogP contribution < -0.4 is 5.32 Å². The molecule has 2 fully saturated rings. The van der Waals surface area contributed by atoms with Gasteiger partial charge in [-0.2, -0.15) is 0 Å². The van der Waals surface area contributed by atoms with Crippen molar-refractivity contribution in [3.8, 4) is 0 Å². The van der Waals surface area contributed by atoms with Gasteiger partial charge in [0, 0.05) is 31.6 Å². The minimum absolute atomic E-state index is 0.0594. The largest absolute Gasteiger partial charge is 0.466 e. The molecule has 2 aliphatic rings. The lowest BCUT2D eigenvalue weighted by Crippen LogP contribution is -2.62. The van der Waals surface area contributed by atoms with Crippen LogP contribution in [0.1, 0.15) is 28.3 Å². The molecule has 1 aliphatic carbocycles. The minimum Gasteiger partial charge on any atom is -0.466 e. The van der Waals surface area contributed by atoms with Crippen molar-refractivity contribution < 1.29 is 18.7 Å². The number of fused-ring (bicyclic) bond motifs is 1. The van der Waals surface area contributed by atoms with Crippen LogP contribution in [0.5, 0.6) is 0 Å². The third-order valence-corrected chi connectivity index (χ3v) is 4.47. The lowest BCUT2D eigenvalue weighted by Gasteiger charge is -2.47. The Bertz CT molecular complexity index is 510. The van der Waals surface area contributed by atoms with Crippen LogP contribution in [0.4, 0.5) is 0 Å². The zero-order valence-corrected chi connectivity index (χ0v) is 12.1. The van der Waals surface area contributed by atoms with E-state index in [9.17, 15) is 4.79 Å². The highest BCUT2D eigenvalue weighted by Gasteiger charge is 2.54. The number of amides is 1. The van der Waals surface area contributed by atoms with E-state index in [0.717, 1.165) is 18.8 Å². The summed E-state index contributed by atoms with van der Waals surface area (Å²) in [5, 5.41) is 3.13. The molecule has 0 radical (unpaired) electrons. The van der Waals surface area contributed by atoms with Gasteiger partial charge in [0.2, 0.25) is 0 Å². The highest BCUT2D eigenvalue weighted by Crippen LogP contribution is 2.43. The molecule has 4 atom stereocenters. The van der Waals surface area contributed by atoms with Crippen molar-refractivity contribution in [2.75, 3.05) is 20.3 Å². The van der Waals surface area contributed by atoms with E-state index >= 15 is 0 Å². The summed E-state index contributed by atoms with van der Waals surface area (Å²) in [4.78, 5) is 12.4. The Kier molecular flexibility index (Phi) is 3.56. The summed E-state index contributed by atoms with van der Waals surface area (Å²) in [5.74, 6) is 2.05. The summed E-state index contributed by atoms with van der Waals surface area (Å²) in [6, 6.07) is 1.93. The van der Waals surface area contributed by atoms with Crippen molar-refractivity contribution in [2.45, 2.75) is 32.4 Å². The van der Waals surface area contributed by atoms with E-state index in [0.29, 0.717) is 23.8 Å². The Hall–Kier alpha value is -1.33. The molecule has 1 aromatic rings. The van der Waals surface area contributed by atoms with Crippen molar-refractivity contribution in [2.24, 2.45) is 11.8 Å². The summed E-state index contributed by atoms with van der Waals surface area (Å²) in [6.07, 6.45) is 1.26. The fourth-order valence-corrected chi connectivity index (χ4v) is 3.52. The van der Waals surface area contributed by atoms with Crippen LogP contribution in [0.3, 0.4) is 0 Å². The van der Waals surface area contributed by atoms with Gasteiger partial charge in [-0.25, -0.2) is 0 Å². The monoisotopic (exact) mass is 279 g/mol. The third-order valence-electron chi connectivity index (χ3n) is 4.47. The zero-order chi connectivity index (χ0) is 14.3. The molecule has 0 bridgehead atoms. The zero-order valence-electron chi connectivity index (χ0n) is 12.1. The first-order chi connectivity index (χ1) is 9.61. The highest BCUT2D eigenvalue weighted by molar-refractivity contribution is 5.95. The summed E-state index contributed by atoms with van der Waals surface area (Å²) < 4.78 is 16.4. The van der Waals surface area contributed by atoms with Crippen LogP contribution >= 0.6 is 0 Å². The molecule has 1 aromatic heterocycles. The van der Waals surface area contributed by atoms with Crippen LogP contribution in [0.25, 0.3) is 0 Å². The van der Waals surface area contributed by atoms with Crippen molar-refractivity contribution >= 4 is 5.91 Å². The second-order valence-corrected chi connectivity index (χ2v) is 5.73. The van der Waals surface area contributed by atoms with Gasteiger partial charge in [-0.05, 0) is 26.3 Å². The molecule has 0 aromatic carbocycles. The second-order valence-electron chi connectivity index (χ2n) is 5.73. The van der Waals surface area contributed by atoms with Gasteiger partial charge in [-0.15, -0.1) is 0 Å². The quantitative estimate of drug-likeness (QED) is 0.911. The fourth-order valence-electron chi connectivity index (χ4n) is 3.52. The van der Waals surface area contributed by atoms with E-state index in [1.165, 1.54) is 0 Å². The lowest BCUT2D eigenvalue weighted by atomic mass is 9.67. The highest BCUT2D eigenvalue weighted by atomic mass is 16.5. The number of ether oxygens (including phenoxy) is 2. The van der Waals surface area contributed by atoms with Crippen molar-refractivity contribution in [1.82, 2.24) is 5.32 Å². The molecule has 1 N–H and O–H groups in total. The first-order valence-electron chi connectivity index (χ1n) is 7.10. The van der Waals surface area contributed by atoms with Crippen molar-refractivity contribution in [1.29, 1.82) is 0 Å². The van der Waals surface area contributed by atoms with Crippen molar-refractivity contribution in [3.05, 3.63) is 23.2 Å². The van der Waals surface area contributed by atoms with Gasteiger partial charge in [-0.1, -0.05) is 0 Å². The molecule has 20 heavy (non-hydrogen) atoms. The molecule has 0 unspecified atom stereocenters. The SMILES string of the molecule is COC[C@@H]1[C@H](NC(=O)c2cc(C)oc2C)[C@@H]2CCO[C@H]12. The molecule has 1 aliphatic heterocycles. The summed E-state index contributed by atoms with van der Waals surface area (Å²) in [6.45, 7) is 5.07. The van der Waals surface area contributed by atoms with E-state index in [-0.39, 0.29) is 24.0 Å². The van der Waals surface area contributed by atoms with Gasteiger partial charge in [0.05, 0.1) is 18.3 Å². The number of rotatable bonds is 4. The van der Waals surface area contributed by atoms with Gasteiger partial charge in [-0.3, -0.25) is 4.79 Å². The topological polar surface area (TPSA) is 60.7 Å². The summed E-state index contributed by atoms with van der Waals surface area (Å²) in [7, 11) is 1.69. The normalized spacial score (nSPS) is 31.8. The second kappa shape index (κ2) is 5.22. The maximum atomic E-state index is 12.4. The number of methoxy groups -OCH3 is 1.